The molecular weight excluding hydrogens is 691 g/mol. The molecule has 2 heteroatoms. The lowest BCUT2D eigenvalue weighted by atomic mass is 9.81. The molecule has 10 aromatic rings. The van der Waals surface area contributed by atoms with Gasteiger partial charge in [-0.3, -0.25) is 0 Å². The molecular formula is C55H39NO. The maximum absolute atomic E-state index is 6.56. The van der Waals surface area contributed by atoms with Crippen LogP contribution in [0, 0.1) is 0 Å². The Morgan fingerprint density at radius 1 is 0.386 bits per heavy atom. The monoisotopic (exact) mass is 729 g/mol. The Kier molecular flexibility index (Phi) is 7.55. The summed E-state index contributed by atoms with van der Waals surface area (Å²) in [6.45, 7) is 4.66. The normalized spacial score (nSPS) is 12.9. The fourth-order valence-electron chi connectivity index (χ4n) is 9.26. The van der Waals surface area contributed by atoms with E-state index in [2.05, 4.69) is 213 Å². The molecule has 0 bridgehead atoms. The Balaban J connectivity index is 1.01. The van der Waals surface area contributed by atoms with Gasteiger partial charge in [-0.25, -0.2) is 0 Å². The lowest BCUT2D eigenvalue weighted by molar-refractivity contribution is 0.620. The highest BCUT2D eigenvalue weighted by molar-refractivity contribution is 6.09. The molecule has 0 spiro atoms. The molecule has 0 radical (unpaired) electrons. The zero-order chi connectivity index (χ0) is 38.1. The van der Waals surface area contributed by atoms with Gasteiger partial charge in [0, 0.05) is 38.8 Å². The molecule has 1 aliphatic rings. The van der Waals surface area contributed by atoms with Crippen molar-refractivity contribution < 1.29 is 4.42 Å². The highest BCUT2D eigenvalue weighted by atomic mass is 16.3. The van der Waals surface area contributed by atoms with E-state index in [-0.39, 0.29) is 5.41 Å². The first-order valence-corrected chi connectivity index (χ1v) is 19.8. The molecule has 0 saturated carbocycles. The lowest BCUT2D eigenvalue weighted by Gasteiger charge is -2.27. The van der Waals surface area contributed by atoms with Gasteiger partial charge in [0.25, 0.3) is 0 Å². The van der Waals surface area contributed by atoms with Crippen molar-refractivity contribution in [2.45, 2.75) is 19.3 Å². The van der Waals surface area contributed by atoms with Crippen molar-refractivity contribution in [2.75, 3.05) is 4.90 Å². The van der Waals surface area contributed by atoms with Gasteiger partial charge >= 0.3 is 0 Å². The van der Waals surface area contributed by atoms with Crippen molar-refractivity contribution in [1.29, 1.82) is 0 Å². The second kappa shape index (κ2) is 13.0. The molecule has 0 unspecified atom stereocenters. The van der Waals surface area contributed by atoms with Gasteiger partial charge in [0.1, 0.15) is 11.2 Å². The van der Waals surface area contributed by atoms with E-state index >= 15 is 0 Å². The number of hydrogen-bond donors (Lipinski definition) is 0. The van der Waals surface area contributed by atoms with Crippen LogP contribution in [0.15, 0.2) is 205 Å². The maximum atomic E-state index is 6.56. The molecule has 0 fully saturated rings. The van der Waals surface area contributed by atoms with Crippen molar-refractivity contribution in [3.8, 4) is 44.5 Å². The van der Waals surface area contributed by atoms with Crippen LogP contribution >= 0.6 is 0 Å². The predicted octanol–water partition coefficient (Wildman–Crippen LogP) is 15.5. The quantitative estimate of drug-likeness (QED) is 0.169. The second-order valence-electron chi connectivity index (χ2n) is 15.7. The van der Waals surface area contributed by atoms with Gasteiger partial charge in [-0.1, -0.05) is 159 Å². The SMILES string of the molecule is CC1(C)c2ccc(-c3ccc(N(c4cccc(-c5ccccc5)c4)c4cccc(-c5cccc6ccccc56)c4)cc3)cc2-c2ccc3c(oc4ccccc43)c21. The number of nitrogens with zero attached hydrogens (tertiary/aromatic N) is 1. The Bertz CT molecular complexity index is 3150. The van der Waals surface area contributed by atoms with Crippen LogP contribution in [-0.4, -0.2) is 0 Å². The molecule has 0 atom stereocenters. The van der Waals surface area contributed by atoms with Crippen LogP contribution in [0.4, 0.5) is 17.1 Å². The van der Waals surface area contributed by atoms with Crippen LogP contribution in [-0.2, 0) is 5.41 Å². The van der Waals surface area contributed by atoms with Gasteiger partial charge in [0.05, 0.1) is 0 Å². The topological polar surface area (TPSA) is 16.4 Å². The minimum Gasteiger partial charge on any atom is -0.456 e. The van der Waals surface area contributed by atoms with Gasteiger partial charge in [0.2, 0.25) is 0 Å². The van der Waals surface area contributed by atoms with E-state index in [9.17, 15) is 0 Å². The smallest absolute Gasteiger partial charge is 0.140 e. The Morgan fingerprint density at radius 3 is 1.82 bits per heavy atom. The zero-order valence-electron chi connectivity index (χ0n) is 31.9. The molecule has 0 saturated heterocycles. The van der Waals surface area contributed by atoms with Crippen molar-refractivity contribution >= 4 is 49.8 Å². The average molecular weight is 730 g/mol. The Hall–Kier alpha value is -7.16. The minimum absolute atomic E-state index is 0.185. The number of benzene rings is 9. The molecule has 1 aromatic heterocycles. The standard InChI is InChI=1S/C55H39NO/c1-55(2)51-32-27-40(35-50(51)48-30-31-49-47-22-8-9-24-52(47)57-54(49)53(48)55)37-25-28-42(29-26-37)56(43-19-10-17-39(33-43)36-13-4-3-5-14-36)44-20-11-18-41(34-44)46-23-12-16-38-15-6-7-21-45(38)46/h3-35H,1-2H3. The van der Waals surface area contributed by atoms with E-state index in [0.717, 1.165) is 28.2 Å². The molecule has 0 aliphatic heterocycles. The van der Waals surface area contributed by atoms with Gasteiger partial charge in [-0.15, -0.1) is 0 Å². The van der Waals surface area contributed by atoms with E-state index in [1.54, 1.807) is 0 Å². The molecule has 270 valence electrons. The molecule has 1 heterocycles. The van der Waals surface area contributed by atoms with E-state index in [0.29, 0.717) is 0 Å². The van der Waals surface area contributed by atoms with Gasteiger partial charge in [-0.05, 0) is 115 Å². The molecule has 11 rings (SSSR count). The highest BCUT2D eigenvalue weighted by Crippen LogP contribution is 2.53. The molecule has 1 aliphatic carbocycles. The summed E-state index contributed by atoms with van der Waals surface area (Å²) < 4.78 is 6.56. The van der Waals surface area contributed by atoms with Crippen LogP contribution in [0.25, 0.3) is 77.2 Å². The summed E-state index contributed by atoms with van der Waals surface area (Å²) >= 11 is 0. The number of furan rings is 1. The predicted molar refractivity (Wildman–Crippen MR) is 240 cm³/mol. The maximum Gasteiger partial charge on any atom is 0.140 e. The Morgan fingerprint density at radius 2 is 1.00 bits per heavy atom. The van der Waals surface area contributed by atoms with Crippen LogP contribution in [0.2, 0.25) is 0 Å². The zero-order valence-corrected chi connectivity index (χ0v) is 31.9. The van der Waals surface area contributed by atoms with E-state index in [1.807, 2.05) is 6.07 Å². The van der Waals surface area contributed by atoms with Crippen molar-refractivity contribution in [3.05, 3.63) is 211 Å². The molecule has 0 amide bonds. The first-order chi connectivity index (χ1) is 28.0. The third kappa shape index (κ3) is 5.40. The summed E-state index contributed by atoms with van der Waals surface area (Å²) in [6.07, 6.45) is 0. The summed E-state index contributed by atoms with van der Waals surface area (Å²) in [4.78, 5) is 2.38. The number of anilines is 3. The van der Waals surface area contributed by atoms with E-state index in [1.165, 1.54) is 77.2 Å². The largest absolute Gasteiger partial charge is 0.456 e. The third-order valence-electron chi connectivity index (χ3n) is 12.0. The lowest BCUT2D eigenvalue weighted by Crippen LogP contribution is -2.15. The van der Waals surface area contributed by atoms with Crippen molar-refractivity contribution in [1.82, 2.24) is 0 Å². The summed E-state index contributed by atoms with van der Waals surface area (Å²) in [5, 5.41) is 4.85. The fraction of sp³-hybridized carbons (Fsp3) is 0.0545. The molecule has 9 aromatic carbocycles. The number of para-hydroxylation sites is 1. The average Bonchev–Trinajstić information content (AvgIpc) is 3.76. The minimum atomic E-state index is -0.185. The van der Waals surface area contributed by atoms with Crippen LogP contribution in [0.3, 0.4) is 0 Å². The Labute approximate surface area is 332 Å². The van der Waals surface area contributed by atoms with Gasteiger partial charge < -0.3 is 9.32 Å². The van der Waals surface area contributed by atoms with Crippen LogP contribution < -0.4 is 4.90 Å². The van der Waals surface area contributed by atoms with Crippen LogP contribution in [0.5, 0.6) is 0 Å². The summed E-state index contributed by atoms with van der Waals surface area (Å²) in [6, 6.07) is 72.6. The van der Waals surface area contributed by atoms with E-state index in [4.69, 9.17) is 4.42 Å². The van der Waals surface area contributed by atoms with Gasteiger partial charge in [0.15, 0.2) is 0 Å². The van der Waals surface area contributed by atoms with E-state index < -0.39 is 0 Å². The van der Waals surface area contributed by atoms with Gasteiger partial charge in [-0.2, -0.15) is 0 Å². The van der Waals surface area contributed by atoms with Crippen LogP contribution in [0.1, 0.15) is 25.0 Å². The number of fused-ring (bicyclic) bond motifs is 8. The van der Waals surface area contributed by atoms with Crippen molar-refractivity contribution in [3.63, 3.8) is 0 Å². The summed E-state index contributed by atoms with van der Waals surface area (Å²) in [5.74, 6) is 0. The first kappa shape index (κ1) is 33.2. The highest BCUT2D eigenvalue weighted by Gasteiger charge is 2.38. The second-order valence-corrected chi connectivity index (χ2v) is 15.7. The summed E-state index contributed by atoms with van der Waals surface area (Å²) in [7, 11) is 0. The third-order valence-corrected chi connectivity index (χ3v) is 12.0. The number of hydrogen-bond acceptors (Lipinski definition) is 2. The fourth-order valence-corrected chi connectivity index (χ4v) is 9.26. The molecule has 0 N–H and O–H groups in total. The first-order valence-electron chi connectivity index (χ1n) is 19.8. The molecule has 2 nitrogen and oxygen atoms in total. The summed E-state index contributed by atoms with van der Waals surface area (Å²) in [5.41, 5.74) is 17.4. The number of rotatable bonds is 6. The van der Waals surface area contributed by atoms with Crippen molar-refractivity contribution in [2.24, 2.45) is 0 Å². The molecule has 57 heavy (non-hydrogen) atoms.